The minimum absolute atomic E-state index is 0.326. The molecule has 4 rings (SSSR count). The Hall–Kier alpha value is -0.0200. The number of hydrogen-bond acceptors (Lipinski definition) is 2. The first-order valence-electron chi connectivity index (χ1n) is 8.26. The van der Waals surface area contributed by atoms with Crippen molar-refractivity contribution in [2.75, 3.05) is 0 Å². The lowest BCUT2D eigenvalue weighted by atomic mass is 9.85. The van der Waals surface area contributed by atoms with Gasteiger partial charge in [0.2, 0.25) is 5.79 Å². The van der Waals surface area contributed by atoms with E-state index in [9.17, 15) is 0 Å². The second-order valence-electron chi connectivity index (χ2n) is 7.02. The molecule has 4 heteroatoms. The zero-order valence-electron chi connectivity index (χ0n) is 12.3. The fraction of sp³-hybridized carbons (Fsp3) is 0.765. The molecule has 0 atom stereocenters. The predicted molar refractivity (Wildman–Crippen MR) is 84.4 cm³/mol. The Morgan fingerprint density at radius 2 is 1.05 bits per heavy atom. The lowest BCUT2D eigenvalue weighted by Crippen LogP contribution is -2.43. The van der Waals surface area contributed by atoms with Crippen LogP contribution in [-0.4, -0.2) is 17.0 Å². The van der Waals surface area contributed by atoms with Crippen LogP contribution in [-0.2, 0) is 9.47 Å². The van der Waals surface area contributed by atoms with Crippen LogP contribution < -0.4 is 0 Å². The second-order valence-corrected chi connectivity index (χ2v) is 7.83. The summed E-state index contributed by atoms with van der Waals surface area (Å²) in [6.07, 6.45) is 15.1. The van der Waals surface area contributed by atoms with Crippen LogP contribution in [0.3, 0.4) is 0 Å². The second kappa shape index (κ2) is 4.99. The highest BCUT2D eigenvalue weighted by atomic mass is 35.5. The van der Waals surface area contributed by atoms with Gasteiger partial charge in [-0.1, -0.05) is 61.7 Å². The zero-order chi connectivity index (χ0) is 14.6. The molecule has 2 nitrogen and oxygen atoms in total. The van der Waals surface area contributed by atoms with Crippen molar-refractivity contribution in [1.82, 2.24) is 0 Å². The standard InChI is InChI=1S/C17H22Cl2O2/c18-13-11-17(20-15(13)7-3-1-4-8-15)12-14(19)16(21-17)9-5-2-6-10-16/h11-12H,1-10H2. The maximum Gasteiger partial charge on any atom is 0.212 e. The molecule has 4 aliphatic rings. The fourth-order valence-electron chi connectivity index (χ4n) is 4.43. The topological polar surface area (TPSA) is 18.5 Å². The largest absolute Gasteiger partial charge is 0.331 e. The summed E-state index contributed by atoms with van der Waals surface area (Å²) in [6.45, 7) is 0. The van der Waals surface area contributed by atoms with Gasteiger partial charge in [0, 0.05) is 0 Å². The van der Waals surface area contributed by atoms with Gasteiger partial charge in [-0.15, -0.1) is 0 Å². The van der Waals surface area contributed by atoms with E-state index in [1.54, 1.807) is 0 Å². The summed E-state index contributed by atoms with van der Waals surface area (Å²) in [5.41, 5.74) is -0.651. The van der Waals surface area contributed by atoms with Crippen molar-refractivity contribution in [3.8, 4) is 0 Å². The molecule has 0 saturated heterocycles. The summed E-state index contributed by atoms with van der Waals surface area (Å²) >= 11 is 13.2. The molecule has 21 heavy (non-hydrogen) atoms. The molecule has 0 amide bonds. The van der Waals surface area contributed by atoms with E-state index in [1.165, 1.54) is 38.5 Å². The van der Waals surface area contributed by atoms with E-state index < -0.39 is 5.79 Å². The molecule has 0 radical (unpaired) electrons. The molecule has 0 aromatic carbocycles. The minimum Gasteiger partial charge on any atom is -0.331 e. The molecule has 2 saturated carbocycles. The Labute approximate surface area is 136 Å². The van der Waals surface area contributed by atoms with Crippen molar-refractivity contribution in [3.63, 3.8) is 0 Å². The number of hydrogen-bond donors (Lipinski definition) is 0. The van der Waals surface area contributed by atoms with E-state index in [1.807, 2.05) is 12.2 Å². The molecule has 2 fully saturated rings. The van der Waals surface area contributed by atoms with Crippen LogP contribution in [0.1, 0.15) is 64.2 Å². The van der Waals surface area contributed by atoms with Crippen molar-refractivity contribution in [3.05, 3.63) is 22.2 Å². The maximum atomic E-state index is 6.58. The van der Waals surface area contributed by atoms with E-state index >= 15 is 0 Å². The van der Waals surface area contributed by atoms with Crippen LogP contribution in [0.5, 0.6) is 0 Å². The molecule has 0 unspecified atom stereocenters. The number of ether oxygens (including phenoxy) is 2. The van der Waals surface area contributed by atoms with E-state index in [0.29, 0.717) is 0 Å². The SMILES string of the molecule is ClC1=CC2(C=C(Cl)C3(CCCCC3)O2)OC12CCCCC2. The Morgan fingerprint density at radius 3 is 1.43 bits per heavy atom. The van der Waals surface area contributed by atoms with E-state index in [2.05, 4.69) is 0 Å². The Balaban J connectivity index is 1.63. The van der Waals surface area contributed by atoms with E-state index in [4.69, 9.17) is 32.7 Å². The Morgan fingerprint density at radius 1 is 0.667 bits per heavy atom. The van der Waals surface area contributed by atoms with Crippen LogP contribution in [0, 0.1) is 0 Å². The third-order valence-corrected chi connectivity index (χ3v) is 6.47. The molecular formula is C17H22Cl2O2. The molecule has 0 aromatic heterocycles. The predicted octanol–water partition coefficient (Wildman–Crippen LogP) is 5.39. The first kappa shape index (κ1) is 14.6. The van der Waals surface area contributed by atoms with Crippen molar-refractivity contribution >= 4 is 23.2 Å². The maximum absolute atomic E-state index is 6.58. The van der Waals surface area contributed by atoms with Crippen LogP contribution in [0.25, 0.3) is 0 Å². The van der Waals surface area contributed by atoms with E-state index in [-0.39, 0.29) is 11.2 Å². The number of rotatable bonds is 0. The lowest BCUT2D eigenvalue weighted by molar-refractivity contribution is -0.245. The Bertz CT molecular complexity index is 451. The molecule has 0 aromatic rings. The van der Waals surface area contributed by atoms with Gasteiger partial charge in [-0.25, -0.2) is 0 Å². The average molecular weight is 329 g/mol. The van der Waals surface area contributed by atoms with Gasteiger partial charge >= 0.3 is 0 Å². The van der Waals surface area contributed by atoms with Crippen LogP contribution in [0.4, 0.5) is 0 Å². The fourth-order valence-corrected chi connectivity index (χ4v) is 5.19. The monoisotopic (exact) mass is 328 g/mol. The zero-order valence-corrected chi connectivity index (χ0v) is 13.8. The van der Waals surface area contributed by atoms with Gasteiger partial charge in [0.1, 0.15) is 11.2 Å². The quantitative estimate of drug-likeness (QED) is 0.593. The van der Waals surface area contributed by atoms with Gasteiger partial charge in [-0.2, -0.15) is 0 Å². The van der Waals surface area contributed by atoms with Crippen molar-refractivity contribution in [2.24, 2.45) is 0 Å². The van der Waals surface area contributed by atoms with Crippen molar-refractivity contribution < 1.29 is 9.47 Å². The average Bonchev–Trinajstić information content (AvgIpc) is 2.86. The molecule has 2 heterocycles. The molecule has 2 aliphatic carbocycles. The minimum atomic E-state index is -0.817. The molecule has 116 valence electrons. The molecular weight excluding hydrogens is 307 g/mol. The summed E-state index contributed by atoms with van der Waals surface area (Å²) in [7, 11) is 0. The Kier molecular flexibility index (Phi) is 3.46. The lowest BCUT2D eigenvalue weighted by Gasteiger charge is -2.39. The van der Waals surface area contributed by atoms with Gasteiger partial charge in [0.25, 0.3) is 0 Å². The van der Waals surface area contributed by atoms with Gasteiger partial charge in [-0.05, 0) is 37.8 Å². The third-order valence-electron chi connectivity index (χ3n) is 5.56. The third kappa shape index (κ3) is 2.22. The molecule has 0 bridgehead atoms. The van der Waals surface area contributed by atoms with Crippen molar-refractivity contribution in [1.29, 1.82) is 0 Å². The van der Waals surface area contributed by atoms with Crippen LogP contribution in [0.2, 0.25) is 0 Å². The first-order valence-corrected chi connectivity index (χ1v) is 9.02. The van der Waals surface area contributed by atoms with E-state index in [0.717, 1.165) is 35.7 Å². The summed E-state index contributed by atoms with van der Waals surface area (Å²) in [5, 5.41) is 1.63. The number of halogens is 2. The highest BCUT2D eigenvalue weighted by Gasteiger charge is 2.57. The van der Waals surface area contributed by atoms with Crippen molar-refractivity contribution in [2.45, 2.75) is 81.2 Å². The summed E-state index contributed by atoms with van der Waals surface area (Å²) in [5.74, 6) is -0.817. The van der Waals surface area contributed by atoms with Crippen LogP contribution in [0.15, 0.2) is 22.2 Å². The van der Waals surface area contributed by atoms with Gasteiger partial charge in [0.15, 0.2) is 0 Å². The summed E-state index contributed by atoms with van der Waals surface area (Å²) in [6, 6.07) is 0. The van der Waals surface area contributed by atoms with Crippen LogP contribution >= 0.6 is 23.2 Å². The first-order chi connectivity index (χ1) is 10.1. The smallest absolute Gasteiger partial charge is 0.212 e. The van der Waals surface area contributed by atoms with Gasteiger partial charge < -0.3 is 9.47 Å². The summed E-state index contributed by atoms with van der Waals surface area (Å²) in [4.78, 5) is 0. The van der Waals surface area contributed by atoms with Gasteiger partial charge in [-0.3, -0.25) is 0 Å². The highest BCUT2D eigenvalue weighted by Crippen LogP contribution is 2.56. The van der Waals surface area contributed by atoms with Gasteiger partial charge in [0.05, 0.1) is 10.1 Å². The summed E-state index contributed by atoms with van der Waals surface area (Å²) < 4.78 is 12.9. The molecule has 3 spiro atoms. The normalized spacial score (nSPS) is 32.7. The molecule has 0 N–H and O–H groups in total. The molecule has 2 aliphatic heterocycles. The highest BCUT2D eigenvalue weighted by molar-refractivity contribution is 6.32.